The topological polar surface area (TPSA) is 54.2 Å². The van der Waals surface area contributed by atoms with Crippen molar-refractivity contribution < 1.29 is 13.9 Å². The molecule has 2 aliphatic rings. The minimum Gasteiger partial charge on any atom is -0.390 e. The zero-order valence-corrected chi connectivity index (χ0v) is 11.4. The molecule has 1 saturated carbocycles. The van der Waals surface area contributed by atoms with Crippen molar-refractivity contribution in [1.29, 1.82) is 0 Å². The predicted octanol–water partition coefficient (Wildman–Crippen LogP) is 1.41. The Morgan fingerprint density at radius 3 is 2.90 bits per heavy atom. The van der Waals surface area contributed by atoms with Gasteiger partial charge in [-0.2, -0.15) is 0 Å². The second-order valence-corrected chi connectivity index (χ2v) is 5.80. The first-order valence-corrected chi connectivity index (χ1v) is 7.22. The number of aliphatic hydroxyl groups is 1. The number of aromatic nitrogens is 3. The number of hydrogen-bond donors (Lipinski definition) is 1. The molecule has 20 heavy (non-hydrogen) atoms. The van der Waals surface area contributed by atoms with Gasteiger partial charge in [-0.25, -0.2) is 13.5 Å². The smallest absolute Gasteiger partial charge is 0.252 e. The lowest BCUT2D eigenvalue weighted by Crippen LogP contribution is -2.43. The summed E-state index contributed by atoms with van der Waals surface area (Å²) in [5.41, 5.74) is 1.42. The molecule has 7 heteroatoms. The summed E-state index contributed by atoms with van der Waals surface area (Å²) in [6, 6.07) is 0. The SMILES string of the molecule is OCc1nnn2c1CN(CC1CCCCC1(F)F)CC2. The monoisotopic (exact) mass is 286 g/mol. The lowest BCUT2D eigenvalue weighted by Gasteiger charge is -2.36. The van der Waals surface area contributed by atoms with Crippen LogP contribution in [0.3, 0.4) is 0 Å². The number of rotatable bonds is 3. The third-order valence-electron chi connectivity index (χ3n) is 4.46. The van der Waals surface area contributed by atoms with Crippen LogP contribution in [0.5, 0.6) is 0 Å². The van der Waals surface area contributed by atoms with E-state index >= 15 is 0 Å². The molecule has 0 saturated heterocycles. The molecule has 3 rings (SSSR count). The van der Waals surface area contributed by atoms with Gasteiger partial charge >= 0.3 is 0 Å². The highest BCUT2D eigenvalue weighted by molar-refractivity contribution is 5.10. The summed E-state index contributed by atoms with van der Waals surface area (Å²) in [7, 11) is 0. The first-order valence-electron chi connectivity index (χ1n) is 7.22. The molecule has 0 radical (unpaired) electrons. The van der Waals surface area contributed by atoms with Gasteiger partial charge in [0.25, 0.3) is 5.92 Å². The summed E-state index contributed by atoms with van der Waals surface area (Å²) in [5, 5.41) is 17.1. The van der Waals surface area contributed by atoms with Crippen LogP contribution >= 0.6 is 0 Å². The van der Waals surface area contributed by atoms with Crippen molar-refractivity contribution in [3.05, 3.63) is 11.4 Å². The normalized spacial score (nSPS) is 26.4. The van der Waals surface area contributed by atoms with Crippen LogP contribution in [-0.4, -0.2) is 44.0 Å². The quantitative estimate of drug-likeness (QED) is 0.913. The van der Waals surface area contributed by atoms with Crippen LogP contribution < -0.4 is 0 Å². The van der Waals surface area contributed by atoms with Gasteiger partial charge in [0.15, 0.2) is 0 Å². The van der Waals surface area contributed by atoms with Gasteiger partial charge in [0.1, 0.15) is 5.69 Å². The Kier molecular flexibility index (Phi) is 3.72. The molecule has 112 valence electrons. The van der Waals surface area contributed by atoms with Gasteiger partial charge in [-0.3, -0.25) is 4.90 Å². The van der Waals surface area contributed by atoms with E-state index in [-0.39, 0.29) is 13.0 Å². The van der Waals surface area contributed by atoms with Crippen molar-refractivity contribution >= 4 is 0 Å². The summed E-state index contributed by atoms with van der Waals surface area (Å²) in [4.78, 5) is 2.04. The third kappa shape index (κ3) is 2.56. The summed E-state index contributed by atoms with van der Waals surface area (Å²) < 4.78 is 29.6. The molecular weight excluding hydrogens is 266 g/mol. The Labute approximate surface area is 116 Å². The van der Waals surface area contributed by atoms with Crippen LogP contribution in [0.1, 0.15) is 37.1 Å². The summed E-state index contributed by atoms with van der Waals surface area (Å²) >= 11 is 0. The molecule has 1 N–H and O–H groups in total. The molecule has 0 bridgehead atoms. The number of aliphatic hydroxyl groups excluding tert-OH is 1. The molecule has 1 fully saturated rings. The number of alkyl halides is 2. The van der Waals surface area contributed by atoms with E-state index in [1.54, 1.807) is 4.68 Å². The third-order valence-corrected chi connectivity index (χ3v) is 4.46. The van der Waals surface area contributed by atoms with Gasteiger partial charge in [0, 0.05) is 32.0 Å². The maximum Gasteiger partial charge on any atom is 0.252 e. The maximum atomic E-state index is 13.9. The summed E-state index contributed by atoms with van der Waals surface area (Å²) in [6.07, 6.45) is 2.16. The predicted molar refractivity (Wildman–Crippen MR) is 68.1 cm³/mol. The van der Waals surface area contributed by atoms with E-state index in [1.807, 2.05) is 4.90 Å². The molecule has 5 nitrogen and oxygen atoms in total. The second-order valence-electron chi connectivity index (χ2n) is 5.80. The fourth-order valence-electron chi connectivity index (χ4n) is 3.23. The lowest BCUT2D eigenvalue weighted by molar-refractivity contribution is -0.0963. The van der Waals surface area contributed by atoms with Gasteiger partial charge in [-0.15, -0.1) is 5.10 Å². The molecule has 1 atom stereocenters. The molecular formula is C13H20F2N4O. The van der Waals surface area contributed by atoms with Crippen molar-refractivity contribution in [2.24, 2.45) is 5.92 Å². The van der Waals surface area contributed by atoms with Crippen LogP contribution in [0.25, 0.3) is 0 Å². The van der Waals surface area contributed by atoms with E-state index in [4.69, 9.17) is 0 Å². The average molecular weight is 286 g/mol. The highest BCUT2D eigenvalue weighted by Crippen LogP contribution is 2.39. The van der Waals surface area contributed by atoms with E-state index in [9.17, 15) is 13.9 Å². The maximum absolute atomic E-state index is 13.9. The fourth-order valence-corrected chi connectivity index (χ4v) is 3.23. The van der Waals surface area contributed by atoms with Gasteiger partial charge in [-0.05, 0) is 12.8 Å². The highest BCUT2D eigenvalue weighted by Gasteiger charge is 2.42. The molecule has 0 amide bonds. The van der Waals surface area contributed by atoms with Gasteiger partial charge in [0.05, 0.1) is 18.8 Å². The van der Waals surface area contributed by atoms with Crippen LogP contribution in [0.15, 0.2) is 0 Å². The highest BCUT2D eigenvalue weighted by atomic mass is 19.3. The Morgan fingerprint density at radius 2 is 2.15 bits per heavy atom. The van der Waals surface area contributed by atoms with Crippen LogP contribution in [-0.2, 0) is 19.7 Å². The van der Waals surface area contributed by atoms with Crippen LogP contribution in [0.2, 0.25) is 0 Å². The standard InChI is InChI=1S/C13H20F2N4O/c14-13(15)4-2-1-3-10(13)7-18-5-6-19-12(8-18)11(9-20)16-17-19/h10,20H,1-9H2. The Morgan fingerprint density at radius 1 is 1.30 bits per heavy atom. The van der Waals surface area contributed by atoms with Crippen molar-refractivity contribution in [2.45, 2.75) is 51.3 Å². The van der Waals surface area contributed by atoms with Crippen molar-refractivity contribution in [2.75, 3.05) is 13.1 Å². The molecule has 1 aliphatic heterocycles. The van der Waals surface area contributed by atoms with Crippen molar-refractivity contribution in [3.8, 4) is 0 Å². The number of halogens is 2. The largest absolute Gasteiger partial charge is 0.390 e. The van der Waals surface area contributed by atoms with Gasteiger partial charge < -0.3 is 5.11 Å². The summed E-state index contributed by atoms with van der Waals surface area (Å²) in [6.45, 7) is 2.19. The molecule has 1 aromatic rings. The molecule has 1 aromatic heterocycles. The zero-order chi connectivity index (χ0) is 14.2. The van der Waals surface area contributed by atoms with Gasteiger partial charge in [-0.1, -0.05) is 11.6 Å². The van der Waals surface area contributed by atoms with E-state index in [2.05, 4.69) is 10.3 Å². The molecule has 2 heterocycles. The van der Waals surface area contributed by atoms with Crippen molar-refractivity contribution in [1.82, 2.24) is 19.9 Å². The Bertz CT molecular complexity index is 463. The molecule has 1 unspecified atom stereocenters. The number of nitrogens with zero attached hydrogens (tertiary/aromatic N) is 4. The minimum atomic E-state index is -2.53. The van der Waals surface area contributed by atoms with Gasteiger partial charge in [0.2, 0.25) is 0 Å². The first kappa shape index (κ1) is 13.9. The molecule has 1 aliphatic carbocycles. The van der Waals surface area contributed by atoms with Crippen LogP contribution in [0.4, 0.5) is 8.78 Å². The molecule has 0 spiro atoms. The number of fused-ring (bicyclic) bond motifs is 1. The van der Waals surface area contributed by atoms with E-state index < -0.39 is 11.8 Å². The second kappa shape index (κ2) is 5.37. The average Bonchev–Trinajstić information content (AvgIpc) is 2.83. The van der Waals surface area contributed by atoms with E-state index in [0.29, 0.717) is 44.7 Å². The molecule has 0 aromatic carbocycles. The van der Waals surface area contributed by atoms with E-state index in [0.717, 1.165) is 12.1 Å². The first-order chi connectivity index (χ1) is 9.60. The van der Waals surface area contributed by atoms with Crippen molar-refractivity contribution in [3.63, 3.8) is 0 Å². The minimum absolute atomic E-state index is 0.0207. The lowest BCUT2D eigenvalue weighted by atomic mass is 9.85. The zero-order valence-electron chi connectivity index (χ0n) is 11.4. The van der Waals surface area contributed by atoms with E-state index in [1.165, 1.54) is 0 Å². The summed E-state index contributed by atoms with van der Waals surface area (Å²) in [5.74, 6) is -3.08. The Hall–Kier alpha value is -1.08. The Balaban J connectivity index is 1.68. The van der Waals surface area contributed by atoms with Crippen LogP contribution in [0, 0.1) is 5.92 Å². The number of hydrogen-bond acceptors (Lipinski definition) is 4. The fraction of sp³-hybridized carbons (Fsp3) is 0.846.